The van der Waals surface area contributed by atoms with Crippen molar-refractivity contribution in [2.45, 2.75) is 37.6 Å². The summed E-state index contributed by atoms with van der Waals surface area (Å²) in [6.45, 7) is 2.17. The van der Waals surface area contributed by atoms with Crippen molar-refractivity contribution in [1.82, 2.24) is 4.98 Å². The highest BCUT2D eigenvalue weighted by atomic mass is 32.2. The number of Topliss-reactive ketones (excluding diaryl/α,β-unsaturated/α-hetero) is 1. The molecule has 0 aliphatic carbocycles. The highest BCUT2D eigenvalue weighted by Gasteiger charge is 2.16. The van der Waals surface area contributed by atoms with Gasteiger partial charge in [0.15, 0.2) is 10.8 Å². The lowest BCUT2D eigenvalue weighted by Crippen LogP contribution is -2.03. The molecule has 1 aromatic carbocycles. The number of hydrogen-bond acceptors (Lipinski definition) is 5. The molecule has 0 saturated heterocycles. The second-order valence-corrected chi connectivity index (χ2v) is 6.41. The second-order valence-electron chi connectivity index (χ2n) is 5.45. The summed E-state index contributed by atoms with van der Waals surface area (Å²) in [5.41, 5.74) is 1.79. The number of nitro groups is 1. The first-order valence-electron chi connectivity index (χ1n) is 7.96. The Balaban J connectivity index is 1.94. The van der Waals surface area contributed by atoms with Gasteiger partial charge in [0.2, 0.25) is 0 Å². The average Bonchev–Trinajstić information content (AvgIpc) is 2.60. The Kier molecular flexibility index (Phi) is 6.93. The lowest BCUT2D eigenvalue weighted by molar-refractivity contribution is -0.388. The van der Waals surface area contributed by atoms with Crippen molar-refractivity contribution < 1.29 is 9.72 Å². The molecule has 0 fully saturated rings. The Morgan fingerprint density at radius 1 is 1.21 bits per heavy atom. The lowest BCUT2D eigenvalue weighted by atomic mass is 10.0. The summed E-state index contributed by atoms with van der Waals surface area (Å²) < 4.78 is 0. The number of rotatable bonds is 9. The highest BCUT2D eigenvalue weighted by Crippen LogP contribution is 2.26. The number of thioether (sulfide) groups is 1. The van der Waals surface area contributed by atoms with Crippen molar-refractivity contribution in [1.29, 1.82) is 0 Å². The molecule has 5 nitrogen and oxygen atoms in total. The van der Waals surface area contributed by atoms with Crippen LogP contribution < -0.4 is 0 Å². The number of carbonyl (C=O) groups is 1. The quantitative estimate of drug-likeness (QED) is 0.217. The predicted molar refractivity (Wildman–Crippen MR) is 95.6 cm³/mol. The fourth-order valence-electron chi connectivity index (χ4n) is 2.29. The second kappa shape index (κ2) is 9.17. The minimum absolute atomic E-state index is 0.0555. The zero-order valence-corrected chi connectivity index (χ0v) is 14.4. The summed E-state index contributed by atoms with van der Waals surface area (Å²) in [5, 5.41) is 11.2. The molecular weight excluding hydrogens is 324 g/mol. The van der Waals surface area contributed by atoms with Crippen LogP contribution in [0.15, 0.2) is 47.6 Å². The van der Waals surface area contributed by atoms with E-state index in [0.717, 1.165) is 24.6 Å². The third-order valence-electron chi connectivity index (χ3n) is 3.63. The first kappa shape index (κ1) is 18.1. The molecule has 2 rings (SSSR count). The van der Waals surface area contributed by atoms with Crippen LogP contribution in [0.5, 0.6) is 0 Å². The van der Waals surface area contributed by atoms with Crippen LogP contribution in [0.1, 0.15) is 42.1 Å². The number of nitrogens with zero attached hydrogens (tertiary/aromatic N) is 2. The third-order valence-corrected chi connectivity index (χ3v) is 4.63. The maximum atomic E-state index is 12.3. The van der Waals surface area contributed by atoms with Crippen LogP contribution >= 0.6 is 11.8 Å². The molecule has 0 spiro atoms. The fraction of sp³-hybridized carbons (Fsp3) is 0.333. The van der Waals surface area contributed by atoms with Crippen LogP contribution in [0, 0.1) is 10.1 Å². The molecule has 0 saturated carbocycles. The van der Waals surface area contributed by atoms with E-state index in [-0.39, 0.29) is 22.2 Å². The lowest BCUT2D eigenvalue weighted by Gasteiger charge is -2.04. The van der Waals surface area contributed by atoms with Gasteiger partial charge >= 0.3 is 5.69 Å². The van der Waals surface area contributed by atoms with Gasteiger partial charge in [0, 0.05) is 17.8 Å². The van der Waals surface area contributed by atoms with E-state index in [0.29, 0.717) is 5.56 Å². The maximum absolute atomic E-state index is 12.3. The van der Waals surface area contributed by atoms with E-state index in [1.54, 1.807) is 0 Å². The Labute approximate surface area is 145 Å². The van der Waals surface area contributed by atoms with Gasteiger partial charge in [0.1, 0.15) is 0 Å². The average molecular weight is 344 g/mol. The van der Waals surface area contributed by atoms with Crippen molar-refractivity contribution in [2.24, 2.45) is 0 Å². The van der Waals surface area contributed by atoms with Crippen LogP contribution in [-0.4, -0.2) is 21.4 Å². The molecule has 2 aromatic rings. The van der Waals surface area contributed by atoms with Gasteiger partial charge in [-0.05, 0) is 24.5 Å². The van der Waals surface area contributed by atoms with Gasteiger partial charge < -0.3 is 0 Å². The van der Waals surface area contributed by atoms with Gasteiger partial charge in [-0.2, -0.15) is 0 Å². The number of aryl methyl sites for hydroxylation is 1. The van der Waals surface area contributed by atoms with Crippen LogP contribution in [-0.2, 0) is 6.42 Å². The van der Waals surface area contributed by atoms with E-state index in [1.807, 2.05) is 24.3 Å². The number of ketones is 1. The standard InChI is InChI=1S/C18H20N2O3S/c1-2-3-4-6-14-8-10-15(11-9-14)17(21)13-24-18-16(20(22)23)7-5-12-19-18/h5,7-12H,2-4,6,13H2,1H3. The maximum Gasteiger partial charge on any atom is 0.301 e. The SMILES string of the molecule is CCCCCc1ccc(C(=O)CSc2ncccc2[N+](=O)[O-])cc1. The summed E-state index contributed by atoms with van der Waals surface area (Å²) in [6, 6.07) is 10.5. The van der Waals surface area contributed by atoms with Gasteiger partial charge in [-0.3, -0.25) is 14.9 Å². The number of pyridine rings is 1. The number of benzene rings is 1. The molecule has 6 heteroatoms. The summed E-state index contributed by atoms with van der Waals surface area (Å²) in [4.78, 5) is 26.7. The molecule has 0 N–H and O–H groups in total. The number of carbonyl (C=O) groups excluding carboxylic acids is 1. The molecule has 1 heterocycles. The number of unbranched alkanes of at least 4 members (excludes halogenated alkanes) is 2. The Morgan fingerprint density at radius 2 is 1.96 bits per heavy atom. The number of hydrogen-bond donors (Lipinski definition) is 0. The minimum Gasteiger partial charge on any atom is -0.293 e. The van der Waals surface area contributed by atoms with E-state index >= 15 is 0 Å². The molecular formula is C18H20N2O3S. The van der Waals surface area contributed by atoms with E-state index < -0.39 is 4.92 Å². The molecule has 0 radical (unpaired) electrons. The van der Waals surface area contributed by atoms with Crippen molar-refractivity contribution >= 4 is 23.2 Å². The molecule has 0 atom stereocenters. The van der Waals surface area contributed by atoms with E-state index in [1.165, 1.54) is 36.7 Å². The Bertz CT molecular complexity index is 702. The summed E-state index contributed by atoms with van der Waals surface area (Å²) >= 11 is 1.10. The molecule has 126 valence electrons. The molecule has 24 heavy (non-hydrogen) atoms. The van der Waals surface area contributed by atoms with E-state index in [9.17, 15) is 14.9 Å². The van der Waals surface area contributed by atoms with Gasteiger partial charge in [-0.15, -0.1) is 0 Å². The molecule has 0 amide bonds. The van der Waals surface area contributed by atoms with Crippen LogP contribution in [0.2, 0.25) is 0 Å². The van der Waals surface area contributed by atoms with Crippen LogP contribution in [0.3, 0.4) is 0 Å². The van der Waals surface area contributed by atoms with Crippen molar-refractivity contribution in [2.75, 3.05) is 5.75 Å². The van der Waals surface area contributed by atoms with E-state index in [4.69, 9.17) is 0 Å². The fourth-order valence-corrected chi connectivity index (χ4v) is 3.15. The van der Waals surface area contributed by atoms with E-state index in [2.05, 4.69) is 11.9 Å². The molecule has 0 aliphatic rings. The zero-order chi connectivity index (χ0) is 17.4. The van der Waals surface area contributed by atoms with Crippen molar-refractivity contribution in [3.8, 4) is 0 Å². The molecule has 0 unspecified atom stereocenters. The van der Waals surface area contributed by atoms with Gasteiger partial charge in [-0.1, -0.05) is 55.8 Å². The van der Waals surface area contributed by atoms with Gasteiger partial charge in [-0.25, -0.2) is 4.98 Å². The highest BCUT2D eigenvalue weighted by molar-refractivity contribution is 8.00. The minimum atomic E-state index is -0.481. The monoisotopic (exact) mass is 344 g/mol. The summed E-state index contributed by atoms with van der Waals surface area (Å²) in [5.74, 6) is 0.0765. The predicted octanol–water partition coefficient (Wildman–Crippen LogP) is 4.70. The third kappa shape index (κ3) is 5.16. The Morgan fingerprint density at radius 3 is 2.62 bits per heavy atom. The van der Waals surface area contributed by atoms with Crippen LogP contribution in [0.25, 0.3) is 0 Å². The summed E-state index contributed by atoms with van der Waals surface area (Å²) in [6.07, 6.45) is 6.07. The normalized spacial score (nSPS) is 10.5. The largest absolute Gasteiger partial charge is 0.301 e. The first-order valence-corrected chi connectivity index (χ1v) is 8.94. The zero-order valence-electron chi connectivity index (χ0n) is 13.6. The molecule has 1 aromatic heterocycles. The Hall–Kier alpha value is -2.21. The van der Waals surface area contributed by atoms with Crippen LogP contribution in [0.4, 0.5) is 5.69 Å². The first-order chi connectivity index (χ1) is 11.6. The van der Waals surface area contributed by atoms with Gasteiger partial charge in [0.05, 0.1) is 10.7 Å². The topological polar surface area (TPSA) is 73.1 Å². The van der Waals surface area contributed by atoms with Crippen molar-refractivity contribution in [3.63, 3.8) is 0 Å². The van der Waals surface area contributed by atoms with Gasteiger partial charge in [0.25, 0.3) is 0 Å². The molecule has 0 aliphatic heterocycles. The van der Waals surface area contributed by atoms with Crippen molar-refractivity contribution in [3.05, 3.63) is 63.8 Å². The summed E-state index contributed by atoms with van der Waals surface area (Å²) in [7, 11) is 0. The molecule has 0 bridgehead atoms. The smallest absolute Gasteiger partial charge is 0.293 e. The number of aromatic nitrogens is 1.